The fourth-order valence-electron chi connectivity index (χ4n) is 1.28. The molecule has 1 heterocycles. The molecule has 0 aromatic rings. The molecular formula is C7H13N3O3. The van der Waals surface area contributed by atoms with Gasteiger partial charge in [0.05, 0.1) is 0 Å². The van der Waals surface area contributed by atoms with Crippen molar-refractivity contribution in [2.24, 2.45) is 5.73 Å². The summed E-state index contributed by atoms with van der Waals surface area (Å²) >= 11 is 0. The molecule has 0 spiro atoms. The van der Waals surface area contributed by atoms with E-state index in [0.717, 1.165) is 6.42 Å². The number of carboxylic acid groups (broad SMARTS) is 1. The Balaban J connectivity index is 2.27. The minimum Gasteiger partial charge on any atom is -0.465 e. The first-order valence-electron chi connectivity index (χ1n) is 4.09. The lowest BCUT2D eigenvalue weighted by Crippen LogP contribution is -2.39. The van der Waals surface area contributed by atoms with Crippen molar-refractivity contribution in [3.8, 4) is 0 Å². The van der Waals surface area contributed by atoms with Crippen LogP contribution in [0.1, 0.15) is 6.42 Å². The first-order chi connectivity index (χ1) is 6.09. The molecule has 0 aromatic carbocycles. The zero-order valence-corrected chi connectivity index (χ0v) is 7.19. The van der Waals surface area contributed by atoms with E-state index in [0.29, 0.717) is 13.1 Å². The molecule has 0 radical (unpaired) electrons. The number of amides is 2. The average Bonchev–Trinajstić information content (AvgIpc) is 2.47. The van der Waals surface area contributed by atoms with Crippen molar-refractivity contribution in [3.05, 3.63) is 0 Å². The Morgan fingerprint density at radius 3 is 2.77 bits per heavy atom. The quantitative estimate of drug-likeness (QED) is 0.506. The van der Waals surface area contributed by atoms with Gasteiger partial charge in [-0.15, -0.1) is 0 Å². The van der Waals surface area contributed by atoms with Crippen molar-refractivity contribution in [1.29, 1.82) is 0 Å². The minimum atomic E-state index is -1.18. The Morgan fingerprint density at radius 1 is 1.62 bits per heavy atom. The molecule has 1 fully saturated rings. The van der Waals surface area contributed by atoms with E-state index in [1.165, 1.54) is 0 Å². The lowest BCUT2D eigenvalue weighted by molar-refractivity contribution is -0.129. The van der Waals surface area contributed by atoms with Crippen LogP contribution in [0.15, 0.2) is 0 Å². The summed E-state index contributed by atoms with van der Waals surface area (Å²) < 4.78 is 0. The standard InChI is InChI=1S/C7H13N3O3/c8-5-1-2-10(4-5)6(11)3-9-7(12)13/h5,9H,1-4,8H2,(H,12,13). The Kier molecular flexibility index (Phi) is 3.07. The van der Waals surface area contributed by atoms with Crippen molar-refractivity contribution < 1.29 is 14.7 Å². The van der Waals surface area contributed by atoms with E-state index < -0.39 is 6.09 Å². The summed E-state index contributed by atoms with van der Waals surface area (Å²) in [5.41, 5.74) is 5.59. The molecule has 2 amide bonds. The summed E-state index contributed by atoms with van der Waals surface area (Å²) in [6.07, 6.45) is -0.393. The van der Waals surface area contributed by atoms with Gasteiger partial charge in [0, 0.05) is 19.1 Å². The lowest BCUT2D eigenvalue weighted by Gasteiger charge is -2.14. The van der Waals surface area contributed by atoms with E-state index in [2.05, 4.69) is 0 Å². The van der Waals surface area contributed by atoms with E-state index >= 15 is 0 Å². The number of hydrogen-bond donors (Lipinski definition) is 3. The van der Waals surface area contributed by atoms with Crippen LogP contribution in [-0.4, -0.2) is 47.7 Å². The number of carbonyl (C=O) groups excluding carboxylic acids is 1. The SMILES string of the molecule is NC1CCN(C(=O)CNC(=O)O)C1. The lowest BCUT2D eigenvalue weighted by atomic mass is 10.3. The van der Waals surface area contributed by atoms with Crippen LogP contribution in [0.2, 0.25) is 0 Å². The molecular weight excluding hydrogens is 174 g/mol. The van der Waals surface area contributed by atoms with Gasteiger partial charge >= 0.3 is 6.09 Å². The molecule has 6 heteroatoms. The van der Waals surface area contributed by atoms with Gasteiger partial charge in [-0.1, -0.05) is 0 Å². The number of nitrogens with zero attached hydrogens (tertiary/aromatic N) is 1. The summed E-state index contributed by atoms with van der Waals surface area (Å²) in [6.45, 7) is 0.990. The summed E-state index contributed by atoms with van der Waals surface area (Å²) in [4.78, 5) is 22.9. The highest BCUT2D eigenvalue weighted by atomic mass is 16.4. The van der Waals surface area contributed by atoms with Crippen LogP contribution < -0.4 is 11.1 Å². The monoisotopic (exact) mass is 187 g/mol. The van der Waals surface area contributed by atoms with Gasteiger partial charge < -0.3 is 21.1 Å². The first-order valence-corrected chi connectivity index (χ1v) is 4.09. The van der Waals surface area contributed by atoms with Crippen molar-refractivity contribution in [2.45, 2.75) is 12.5 Å². The minimum absolute atomic E-state index is 0.0359. The molecule has 6 nitrogen and oxygen atoms in total. The number of hydrogen-bond acceptors (Lipinski definition) is 3. The molecule has 0 saturated carbocycles. The molecule has 1 unspecified atom stereocenters. The van der Waals surface area contributed by atoms with E-state index in [1.54, 1.807) is 4.90 Å². The summed E-state index contributed by atoms with van der Waals surface area (Å²) in [5, 5.41) is 10.3. The Hall–Kier alpha value is -1.30. The second kappa shape index (κ2) is 4.08. The van der Waals surface area contributed by atoms with Crippen LogP contribution in [0, 0.1) is 0 Å². The molecule has 1 aliphatic rings. The highest BCUT2D eigenvalue weighted by Gasteiger charge is 2.23. The van der Waals surface area contributed by atoms with Crippen molar-refractivity contribution in [3.63, 3.8) is 0 Å². The smallest absolute Gasteiger partial charge is 0.405 e. The number of nitrogens with one attached hydrogen (secondary N) is 1. The molecule has 13 heavy (non-hydrogen) atoms. The molecule has 1 aliphatic heterocycles. The van der Waals surface area contributed by atoms with Crippen LogP contribution in [0.5, 0.6) is 0 Å². The maximum Gasteiger partial charge on any atom is 0.405 e. The predicted molar refractivity (Wildman–Crippen MR) is 45.2 cm³/mol. The summed E-state index contributed by atoms with van der Waals surface area (Å²) in [5.74, 6) is -0.213. The van der Waals surface area contributed by atoms with Gasteiger partial charge in [-0.3, -0.25) is 4.79 Å². The summed E-state index contributed by atoms with van der Waals surface area (Å²) in [6, 6.07) is 0.0359. The Bertz CT molecular complexity index is 219. The third-order valence-electron chi connectivity index (χ3n) is 1.97. The zero-order valence-electron chi connectivity index (χ0n) is 7.19. The van der Waals surface area contributed by atoms with Gasteiger partial charge in [-0.25, -0.2) is 4.79 Å². The van der Waals surface area contributed by atoms with Gasteiger partial charge in [-0.2, -0.15) is 0 Å². The van der Waals surface area contributed by atoms with E-state index in [1.807, 2.05) is 5.32 Å². The van der Waals surface area contributed by atoms with Gasteiger partial charge in [0.1, 0.15) is 6.54 Å². The van der Waals surface area contributed by atoms with Crippen LogP contribution in [0.25, 0.3) is 0 Å². The number of likely N-dealkylation sites (tertiary alicyclic amines) is 1. The van der Waals surface area contributed by atoms with E-state index in [-0.39, 0.29) is 18.5 Å². The van der Waals surface area contributed by atoms with Crippen LogP contribution in [-0.2, 0) is 4.79 Å². The molecule has 1 atom stereocenters. The fourth-order valence-corrected chi connectivity index (χ4v) is 1.28. The maximum atomic E-state index is 11.2. The normalized spacial score (nSPS) is 21.6. The van der Waals surface area contributed by atoms with Gasteiger partial charge in [-0.05, 0) is 6.42 Å². The van der Waals surface area contributed by atoms with Crippen molar-refractivity contribution in [2.75, 3.05) is 19.6 Å². The van der Waals surface area contributed by atoms with Gasteiger partial charge in [0.15, 0.2) is 0 Å². The third-order valence-corrected chi connectivity index (χ3v) is 1.97. The molecule has 1 saturated heterocycles. The van der Waals surface area contributed by atoms with Crippen LogP contribution in [0.4, 0.5) is 4.79 Å². The molecule has 0 aliphatic carbocycles. The van der Waals surface area contributed by atoms with Gasteiger partial charge in [0.25, 0.3) is 0 Å². The molecule has 4 N–H and O–H groups in total. The van der Waals surface area contributed by atoms with E-state index in [4.69, 9.17) is 10.8 Å². The van der Waals surface area contributed by atoms with Gasteiger partial charge in [0.2, 0.25) is 5.91 Å². The topological polar surface area (TPSA) is 95.7 Å². The second-order valence-corrected chi connectivity index (χ2v) is 3.05. The summed E-state index contributed by atoms with van der Waals surface area (Å²) in [7, 11) is 0. The van der Waals surface area contributed by atoms with Crippen molar-refractivity contribution >= 4 is 12.0 Å². The molecule has 0 bridgehead atoms. The first kappa shape index (κ1) is 9.79. The number of nitrogens with two attached hydrogens (primary N) is 1. The highest BCUT2D eigenvalue weighted by Crippen LogP contribution is 2.06. The fraction of sp³-hybridized carbons (Fsp3) is 0.714. The average molecular weight is 187 g/mol. The van der Waals surface area contributed by atoms with Crippen LogP contribution >= 0.6 is 0 Å². The zero-order chi connectivity index (χ0) is 9.84. The van der Waals surface area contributed by atoms with Crippen LogP contribution in [0.3, 0.4) is 0 Å². The highest BCUT2D eigenvalue weighted by molar-refractivity contribution is 5.82. The second-order valence-electron chi connectivity index (χ2n) is 3.05. The third kappa shape index (κ3) is 2.90. The van der Waals surface area contributed by atoms with E-state index in [9.17, 15) is 9.59 Å². The number of carbonyl (C=O) groups is 2. The molecule has 1 rings (SSSR count). The largest absolute Gasteiger partial charge is 0.465 e. The maximum absolute atomic E-state index is 11.2. The van der Waals surface area contributed by atoms with Crippen molar-refractivity contribution in [1.82, 2.24) is 10.2 Å². The molecule has 0 aromatic heterocycles. The Morgan fingerprint density at radius 2 is 2.31 bits per heavy atom. The number of rotatable bonds is 2. The predicted octanol–water partition coefficient (Wildman–Crippen LogP) is -1.19. The Labute approximate surface area is 75.7 Å². The molecule has 74 valence electrons.